The lowest BCUT2D eigenvalue weighted by atomic mass is 9.98. The van der Waals surface area contributed by atoms with Crippen molar-refractivity contribution in [2.24, 2.45) is 0 Å². The molecule has 0 aromatic carbocycles. The fraction of sp³-hybridized carbons (Fsp3) is 0.667. The van der Waals surface area contributed by atoms with E-state index in [4.69, 9.17) is 0 Å². The van der Waals surface area contributed by atoms with Crippen LogP contribution in [0.15, 0.2) is 0 Å². The third-order valence-electron chi connectivity index (χ3n) is 2.25. The van der Waals surface area contributed by atoms with Crippen molar-refractivity contribution >= 4 is 70.5 Å². The van der Waals surface area contributed by atoms with E-state index in [-0.39, 0.29) is 20.8 Å². The van der Waals surface area contributed by atoms with Crippen molar-refractivity contribution in [3.8, 4) is 0 Å². The zero-order valence-electron chi connectivity index (χ0n) is 9.37. The number of halogens is 8. The molecule has 0 N–H and O–H groups in total. The maximum Gasteiger partial charge on any atom is 0.435 e. The van der Waals surface area contributed by atoms with E-state index in [1.54, 1.807) is 0 Å². The molecule has 0 aliphatic carbocycles. The molecule has 0 saturated carbocycles. The minimum atomic E-state index is -6.36. The van der Waals surface area contributed by atoms with Crippen LogP contribution in [0.5, 0.6) is 0 Å². The van der Waals surface area contributed by atoms with Crippen molar-refractivity contribution in [1.29, 1.82) is 0 Å². The van der Waals surface area contributed by atoms with Crippen LogP contribution in [-0.2, 0) is 60.5 Å². The summed E-state index contributed by atoms with van der Waals surface area (Å²) in [7, 11) is 1.77. The van der Waals surface area contributed by atoms with Gasteiger partial charge in [0.15, 0.2) is 0 Å². The quantitative estimate of drug-likeness (QED) is 0.205. The molecular formula is C6F8N2S6+2. The van der Waals surface area contributed by atoms with Gasteiger partial charge in [-0.1, -0.05) is 0 Å². The average molecular weight is 444 g/mol. The van der Waals surface area contributed by atoms with E-state index in [9.17, 15) is 35.1 Å². The highest BCUT2D eigenvalue weighted by molar-refractivity contribution is 8.70. The lowest BCUT2D eigenvalue weighted by Gasteiger charge is -2.35. The van der Waals surface area contributed by atoms with Crippen LogP contribution < -0.4 is 0 Å². The molecule has 0 saturated heterocycles. The van der Waals surface area contributed by atoms with Crippen molar-refractivity contribution in [1.82, 2.24) is 0 Å². The van der Waals surface area contributed by atoms with Gasteiger partial charge in [-0.3, -0.25) is 9.44 Å². The summed E-state index contributed by atoms with van der Waals surface area (Å²) in [4.78, 5) is -3.29. The lowest BCUT2D eigenvalue weighted by Crippen LogP contribution is -2.66. The van der Waals surface area contributed by atoms with E-state index in [1.165, 1.54) is 0 Å². The van der Waals surface area contributed by atoms with Crippen LogP contribution in [0.2, 0.25) is 0 Å². The van der Waals surface area contributed by atoms with Gasteiger partial charge in [0.25, 0.3) is 0 Å². The third kappa shape index (κ3) is 2.70. The first-order valence-corrected chi connectivity index (χ1v) is 11.5. The van der Waals surface area contributed by atoms with Crippen molar-refractivity contribution in [2.75, 3.05) is 0 Å². The number of rotatable bonds is 5. The van der Waals surface area contributed by atoms with Crippen LogP contribution in [0.25, 0.3) is 9.44 Å². The molecule has 2 radical (unpaired) electrons. The Morgan fingerprint density at radius 2 is 0.955 bits per heavy atom. The second kappa shape index (κ2) is 6.05. The van der Waals surface area contributed by atoms with Crippen LogP contribution in [-0.4, -0.2) is 33.7 Å². The zero-order valence-corrected chi connectivity index (χ0v) is 14.3. The standard InChI is InChI=1S/C6F8N2S6/c7-3(8,1-15-19-21-17-1)5(11,12)6(13,14)4(9,10)2-16-20-22-18-2/q+2. The van der Waals surface area contributed by atoms with Crippen LogP contribution in [0, 0.1) is 0 Å². The molecule has 2 nitrogen and oxygen atoms in total. The molecule has 0 amide bonds. The summed E-state index contributed by atoms with van der Waals surface area (Å²) in [6, 6.07) is 0. The first-order valence-electron chi connectivity index (χ1n) is 4.65. The van der Waals surface area contributed by atoms with Gasteiger partial charge in [0, 0.05) is 0 Å². The molecule has 22 heavy (non-hydrogen) atoms. The van der Waals surface area contributed by atoms with Gasteiger partial charge in [0.05, 0.1) is 0 Å². The van der Waals surface area contributed by atoms with E-state index < -0.39 is 33.7 Å². The predicted octanol–water partition coefficient (Wildman–Crippen LogP) is 2.55. The zero-order chi connectivity index (χ0) is 16.8. The number of alkyl halides is 8. The summed E-state index contributed by atoms with van der Waals surface area (Å²) >= 11 is 0. The predicted molar refractivity (Wildman–Crippen MR) is 80.7 cm³/mol. The lowest BCUT2D eigenvalue weighted by molar-refractivity contribution is -0.332. The second-order valence-electron chi connectivity index (χ2n) is 3.54. The average Bonchev–Trinajstić information content (AvgIpc) is 3.11. The van der Waals surface area contributed by atoms with E-state index >= 15 is 0 Å². The monoisotopic (exact) mass is 444 g/mol. The van der Waals surface area contributed by atoms with E-state index in [0.29, 0.717) is 39.7 Å². The first-order chi connectivity index (χ1) is 9.96. The van der Waals surface area contributed by atoms with Crippen molar-refractivity contribution < 1.29 is 35.1 Å². The topological polar surface area (TPSA) is 28.2 Å². The van der Waals surface area contributed by atoms with Gasteiger partial charge in [-0.15, -0.1) is 0 Å². The van der Waals surface area contributed by atoms with E-state index in [1.807, 2.05) is 0 Å². The molecule has 0 aromatic heterocycles. The molecule has 0 unspecified atom stereocenters. The van der Waals surface area contributed by atoms with Crippen LogP contribution >= 0.6 is 0 Å². The largest absolute Gasteiger partial charge is 0.435 e. The fourth-order valence-electron chi connectivity index (χ4n) is 1.11. The SMILES string of the molecule is FC(F)(C1=[S+][S]=[S+][N-]1)C(F)(F)C(F)(F)C(F)(F)C1=[S+][S]=[S+][N-]1. The molecule has 2 aliphatic heterocycles. The van der Waals surface area contributed by atoms with Gasteiger partial charge >= 0.3 is 63.2 Å². The molecule has 16 heteroatoms. The van der Waals surface area contributed by atoms with E-state index in [2.05, 4.69) is 9.44 Å². The maximum atomic E-state index is 13.6. The highest BCUT2D eigenvalue weighted by atomic mass is 33.3. The first kappa shape index (κ1) is 18.8. The highest BCUT2D eigenvalue weighted by Gasteiger charge is 2.84. The normalized spacial score (nSPS) is 19.6. The van der Waals surface area contributed by atoms with Gasteiger partial charge < -0.3 is 0 Å². The maximum absolute atomic E-state index is 13.6. The Kier molecular flexibility index (Phi) is 5.16. The Labute approximate surface area is 138 Å². The van der Waals surface area contributed by atoms with Crippen molar-refractivity contribution in [3.05, 3.63) is 9.44 Å². The van der Waals surface area contributed by atoms with Gasteiger partial charge in [-0.2, -0.15) is 35.1 Å². The summed E-state index contributed by atoms with van der Waals surface area (Å²) < 4.78 is 115. The molecule has 0 fully saturated rings. The summed E-state index contributed by atoms with van der Waals surface area (Å²) in [6.45, 7) is 0. The molecule has 2 aliphatic rings. The second-order valence-corrected chi connectivity index (χ2v) is 10.7. The minimum Gasteiger partial charge on any atom is -0.252 e. The highest BCUT2D eigenvalue weighted by Crippen LogP contribution is 2.54. The molecule has 0 spiro atoms. The van der Waals surface area contributed by atoms with Crippen LogP contribution in [0.3, 0.4) is 0 Å². The fourth-order valence-corrected chi connectivity index (χ4v) is 7.57. The molecule has 0 atom stereocenters. The van der Waals surface area contributed by atoms with Crippen molar-refractivity contribution in [3.63, 3.8) is 0 Å². The molecule has 2 heterocycles. The van der Waals surface area contributed by atoms with Gasteiger partial charge in [0.1, 0.15) is 0 Å². The van der Waals surface area contributed by atoms with Gasteiger partial charge in [0.2, 0.25) is 31.0 Å². The Morgan fingerprint density at radius 1 is 0.636 bits per heavy atom. The summed E-state index contributed by atoms with van der Waals surface area (Å²) in [6.07, 6.45) is 0. The number of hydrogen-bond acceptors (Lipinski definition) is 0. The van der Waals surface area contributed by atoms with Crippen molar-refractivity contribution in [2.45, 2.75) is 23.7 Å². The molecule has 0 bridgehead atoms. The summed E-state index contributed by atoms with van der Waals surface area (Å²) in [5.41, 5.74) is 0. The Hall–Kier alpha value is 0.420. The Bertz CT molecular complexity index is 546. The van der Waals surface area contributed by atoms with Crippen LogP contribution in [0.4, 0.5) is 35.1 Å². The summed E-state index contributed by atoms with van der Waals surface area (Å²) in [5.74, 6) is -23.8. The van der Waals surface area contributed by atoms with E-state index in [0.717, 1.165) is 0 Å². The smallest absolute Gasteiger partial charge is 0.252 e. The van der Waals surface area contributed by atoms with Crippen LogP contribution in [0.1, 0.15) is 0 Å². The molecule has 0 aromatic rings. The molecule has 124 valence electrons. The van der Waals surface area contributed by atoms with Gasteiger partial charge in [-0.25, -0.2) is 0 Å². The Morgan fingerprint density at radius 3 is 1.18 bits per heavy atom. The minimum absolute atomic E-state index is 0.0129. The van der Waals surface area contributed by atoms with Gasteiger partial charge in [-0.05, 0) is 0 Å². The Balaban J connectivity index is 2.41. The molecular weight excluding hydrogens is 444 g/mol. The third-order valence-corrected chi connectivity index (χ3v) is 8.75. The number of nitrogens with zero attached hydrogens (tertiary/aromatic N) is 2. The molecule has 2 rings (SSSR count). The number of hydrogen-bond donors (Lipinski definition) is 0. The summed E-state index contributed by atoms with van der Waals surface area (Å²) in [5, 5.41) is 0.